The van der Waals surface area contributed by atoms with Crippen molar-refractivity contribution >= 4 is 17.3 Å². The molecule has 0 bridgehead atoms. The zero-order valence-corrected chi connectivity index (χ0v) is 11.0. The number of nitrogens with zero attached hydrogens (tertiary/aromatic N) is 2. The monoisotopic (exact) mass is 282 g/mol. The van der Waals surface area contributed by atoms with Gasteiger partial charge in [-0.15, -0.1) is 0 Å². The van der Waals surface area contributed by atoms with Gasteiger partial charge in [0.2, 0.25) is 0 Å². The van der Waals surface area contributed by atoms with E-state index in [1.165, 1.54) is 0 Å². The van der Waals surface area contributed by atoms with E-state index in [0.717, 1.165) is 18.9 Å². The summed E-state index contributed by atoms with van der Waals surface area (Å²) in [4.78, 5) is 23.1. The summed E-state index contributed by atoms with van der Waals surface area (Å²) in [6.07, 6.45) is 1.85. The molecule has 1 unspecified atom stereocenters. The van der Waals surface area contributed by atoms with Gasteiger partial charge in [0, 0.05) is 13.1 Å². The maximum Gasteiger partial charge on any atom is 0.338 e. The van der Waals surface area contributed by atoms with Crippen molar-refractivity contribution < 1.29 is 19.2 Å². The van der Waals surface area contributed by atoms with E-state index in [1.54, 1.807) is 4.90 Å². The Kier molecular flexibility index (Phi) is 3.87. The van der Waals surface area contributed by atoms with E-state index in [4.69, 9.17) is 5.11 Å². The molecule has 0 spiro atoms. The highest BCUT2D eigenvalue weighted by molar-refractivity contribution is 5.90. The lowest BCUT2D eigenvalue weighted by Crippen LogP contribution is -2.21. The first-order valence-electron chi connectivity index (χ1n) is 6.40. The molecule has 1 atom stereocenters. The van der Waals surface area contributed by atoms with Crippen molar-refractivity contribution in [3.05, 3.63) is 33.6 Å². The van der Waals surface area contributed by atoms with Gasteiger partial charge < -0.3 is 10.0 Å². The average molecular weight is 282 g/mol. The lowest BCUT2D eigenvalue weighted by atomic mass is 10.1. The largest absolute Gasteiger partial charge is 0.478 e. The summed E-state index contributed by atoms with van der Waals surface area (Å²) < 4.78 is 13.6. The Morgan fingerprint density at radius 3 is 2.80 bits per heavy atom. The van der Waals surface area contributed by atoms with Crippen LogP contribution < -0.4 is 4.90 Å². The highest BCUT2D eigenvalue weighted by Gasteiger charge is 2.29. The second-order valence-electron chi connectivity index (χ2n) is 4.89. The molecule has 1 aliphatic heterocycles. The number of carbonyl (C=O) groups is 1. The van der Waals surface area contributed by atoms with Crippen molar-refractivity contribution in [2.45, 2.75) is 19.8 Å². The van der Waals surface area contributed by atoms with Crippen LogP contribution in [-0.2, 0) is 0 Å². The quantitative estimate of drug-likeness (QED) is 0.678. The van der Waals surface area contributed by atoms with E-state index in [9.17, 15) is 19.3 Å². The number of rotatable bonds is 4. The van der Waals surface area contributed by atoms with Crippen LogP contribution in [0.4, 0.5) is 15.8 Å². The lowest BCUT2D eigenvalue weighted by molar-refractivity contribution is -0.384. The third-order valence-electron chi connectivity index (χ3n) is 3.70. The molecule has 1 saturated heterocycles. The van der Waals surface area contributed by atoms with Gasteiger partial charge in [-0.1, -0.05) is 13.3 Å². The highest BCUT2D eigenvalue weighted by Crippen LogP contribution is 2.35. The minimum atomic E-state index is -1.43. The van der Waals surface area contributed by atoms with Crippen molar-refractivity contribution in [2.75, 3.05) is 18.0 Å². The van der Waals surface area contributed by atoms with Gasteiger partial charge >= 0.3 is 5.97 Å². The Bertz CT molecular complexity index is 562. The predicted molar refractivity (Wildman–Crippen MR) is 70.6 cm³/mol. The minimum absolute atomic E-state index is 0.185. The highest BCUT2D eigenvalue weighted by atomic mass is 19.1. The molecule has 1 fully saturated rings. The second kappa shape index (κ2) is 5.44. The Labute approximate surface area is 115 Å². The van der Waals surface area contributed by atoms with Crippen LogP contribution in [0.5, 0.6) is 0 Å². The third-order valence-corrected chi connectivity index (χ3v) is 3.70. The van der Waals surface area contributed by atoms with E-state index in [1.807, 2.05) is 6.92 Å². The first kappa shape index (κ1) is 14.2. The normalized spacial score (nSPS) is 18.3. The van der Waals surface area contributed by atoms with E-state index in [0.29, 0.717) is 25.1 Å². The van der Waals surface area contributed by atoms with Crippen LogP contribution >= 0.6 is 0 Å². The fraction of sp³-hybridized carbons (Fsp3) is 0.462. The van der Waals surface area contributed by atoms with Crippen molar-refractivity contribution in [2.24, 2.45) is 5.92 Å². The zero-order valence-electron chi connectivity index (χ0n) is 11.0. The number of hydrogen-bond acceptors (Lipinski definition) is 4. The van der Waals surface area contributed by atoms with Gasteiger partial charge in [-0.05, 0) is 18.4 Å². The molecule has 0 aromatic heterocycles. The fourth-order valence-electron chi connectivity index (χ4n) is 2.50. The van der Waals surface area contributed by atoms with E-state index >= 15 is 0 Å². The molecule has 0 aliphatic carbocycles. The van der Waals surface area contributed by atoms with Crippen LogP contribution in [0.2, 0.25) is 0 Å². The SMILES string of the molecule is CCC1CCN(c2cc(C(=O)O)c(F)cc2[N+](=O)[O-])C1. The molecule has 1 heterocycles. The smallest absolute Gasteiger partial charge is 0.338 e. The number of nitro groups is 1. The minimum Gasteiger partial charge on any atom is -0.478 e. The molecule has 0 saturated carbocycles. The summed E-state index contributed by atoms with van der Waals surface area (Å²) in [6, 6.07) is 1.76. The average Bonchev–Trinajstić information content (AvgIpc) is 2.86. The molecule has 1 aromatic carbocycles. The van der Waals surface area contributed by atoms with Crippen molar-refractivity contribution in [3.8, 4) is 0 Å². The molecule has 0 radical (unpaired) electrons. The Morgan fingerprint density at radius 1 is 1.60 bits per heavy atom. The van der Waals surface area contributed by atoms with Gasteiger partial charge in [0.15, 0.2) is 0 Å². The number of anilines is 1. The van der Waals surface area contributed by atoms with Gasteiger partial charge in [-0.3, -0.25) is 10.1 Å². The predicted octanol–water partition coefficient (Wildman–Crippen LogP) is 2.67. The number of aromatic carboxylic acids is 1. The Hall–Kier alpha value is -2.18. The summed E-state index contributed by atoms with van der Waals surface area (Å²) in [5.74, 6) is -2.09. The van der Waals surface area contributed by atoms with Crippen LogP contribution in [0, 0.1) is 21.8 Å². The number of hydrogen-bond donors (Lipinski definition) is 1. The molecule has 1 aromatic rings. The van der Waals surface area contributed by atoms with Crippen LogP contribution in [0.25, 0.3) is 0 Å². The number of carboxylic acid groups (broad SMARTS) is 1. The molecule has 1 aliphatic rings. The Balaban J connectivity index is 2.46. The molecule has 0 amide bonds. The zero-order chi connectivity index (χ0) is 14.9. The fourth-order valence-corrected chi connectivity index (χ4v) is 2.50. The van der Waals surface area contributed by atoms with Crippen LogP contribution in [0.1, 0.15) is 30.1 Å². The Morgan fingerprint density at radius 2 is 2.30 bits per heavy atom. The van der Waals surface area contributed by atoms with Gasteiger partial charge in [0.1, 0.15) is 11.5 Å². The number of nitro benzene ring substituents is 1. The molecule has 20 heavy (non-hydrogen) atoms. The maximum absolute atomic E-state index is 13.6. The summed E-state index contributed by atoms with van der Waals surface area (Å²) >= 11 is 0. The maximum atomic E-state index is 13.6. The number of benzene rings is 1. The summed E-state index contributed by atoms with van der Waals surface area (Å²) in [7, 11) is 0. The molecule has 2 rings (SSSR count). The molecule has 1 N–H and O–H groups in total. The van der Waals surface area contributed by atoms with Gasteiger partial charge in [-0.25, -0.2) is 9.18 Å². The summed E-state index contributed by atoms with van der Waals surface area (Å²) in [5.41, 5.74) is -0.737. The van der Waals surface area contributed by atoms with Crippen LogP contribution in [0.3, 0.4) is 0 Å². The third kappa shape index (κ3) is 2.56. The van der Waals surface area contributed by atoms with Crippen molar-refractivity contribution in [3.63, 3.8) is 0 Å². The summed E-state index contributed by atoms with van der Waals surface area (Å²) in [6.45, 7) is 3.28. The topological polar surface area (TPSA) is 83.7 Å². The van der Waals surface area contributed by atoms with E-state index in [-0.39, 0.29) is 11.4 Å². The molecule has 7 heteroatoms. The van der Waals surface area contributed by atoms with Gasteiger partial charge in [0.25, 0.3) is 5.69 Å². The molecular weight excluding hydrogens is 267 g/mol. The van der Waals surface area contributed by atoms with E-state index in [2.05, 4.69) is 0 Å². The molecule has 6 nitrogen and oxygen atoms in total. The number of halogens is 1. The van der Waals surface area contributed by atoms with Crippen molar-refractivity contribution in [1.82, 2.24) is 0 Å². The molecular formula is C13H15FN2O4. The van der Waals surface area contributed by atoms with Gasteiger partial charge in [-0.2, -0.15) is 0 Å². The van der Waals surface area contributed by atoms with Crippen molar-refractivity contribution in [1.29, 1.82) is 0 Å². The summed E-state index contributed by atoms with van der Waals surface area (Å²) in [5, 5.41) is 20.0. The first-order chi connectivity index (χ1) is 9.43. The first-order valence-corrected chi connectivity index (χ1v) is 6.40. The van der Waals surface area contributed by atoms with E-state index < -0.39 is 22.3 Å². The number of carboxylic acids is 1. The van der Waals surface area contributed by atoms with Crippen LogP contribution in [0.15, 0.2) is 12.1 Å². The van der Waals surface area contributed by atoms with Crippen LogP contribution in [-0.4, -0.2) is 29.1 Å². The van der Waals surface area contributed by atoms with Gasteiger partial charge in [0.05, 0.1) is 16.6 Å². The lowest BCUT2D eigenvalue weighted by Gasteiger charge is -2.19. The molecule has 108 valence electrons. The standard InChI is InChI=1S/C13H15FN2O4/c1-2-8-3-4-15(7-8)11-5-9(13(17)18)10(14)6-12(11)16(19)20/h5-6,8H,2-4,7H2,1H3,(H,17,18). The second-order valence-corrected chi connectivity index (χ2v) is 4.89.